The van der Waals surface area contributed by atoms with Crippen LogP contribution < -0.4 is 4.90 Å². The summed E-state index contributed by atoms with van der Waals surface area (Å²) in [4.78, 5) is 17.6. The molecule has 7 aromatic rings. The van der Waals surface area contributed by atoms with E-state index in [-0.39, 0.29) is 5.41 Å². The van der Waals surface area contributed by atoms with Crippen molar-refractivity contribution in [3.63, 3.8) is 0 Å². The van der Waals surface area contributed by atoms with Gasteiger partial charge in [0.15, 0.2) is 11.6 Å². The van der Waals surface area contributed by atoms with E-state index in [1.165, 1.54) is 11.3 Å². The smallest absolute Gasteiger partial charge is 0.238 e. The summed E-state index contributed by atoms with van der Waals surface area (Å²) < 4.78 is 2.41. The molecule has 0 fully saturated rings. The molecule has 8 rings (SSSR count). The van der Waals surface area contributed by atoms with Crippen molar-refractivity contribution in [1.29, 1.82) is 0 Å². The molecule has 0 N–H and O–H groups in total. The van der Waals surface area contributed by atoms with Crippen molar-refractivity contribution in [2.45, 2.75) is 19.3 Å². The third kappa shape index (κ3) is 3.97. The summed E-state index contributed by atoms with van der Waals surface area (Å²) in [5.41, 5.74) is 8.42. The molecule has 0 unspecified atom stereocenters. The van der Waals surface area contributed by atoms with Crippen molar-refractivity contribution in [1.82, 2.24) is 19.5 Å². The summed E-state index contributed by atoms with van der Waals surface area (Å²) in [7, 11) is 0. The van der Waals surface area contributed by atoms with Crippen molar-refractivity contribution in [3.05, 3.63) is 151 Å². The first kappa shape index (κ1) is 25.2. The van der Waals surface area contributed by atoms with Gasteiger partial charge in [-0.05, 0) is 29.8 Å². The van der Waals surface area contributed by atoms with Gasteiger partial charge in [-0.25, -0.2) is 4.98 Å². The van der Waals surface area contributed by atoms with Crippen LogP contribution in [0.25, 0.3) is 39.4 Å². The molecule has 206 valence electrons. The molecular weight excluding hydrogens is 526 g/mol. The Labute approximate surface area is 250 Å². The fourth-order valence-electron chi connectivity index (χ4n) is 6.42. The average molecular weight is 556 g/mol. The summed E-state index contributed by atoms with van der Waals surface area (Å²) in [6, 6.07) is 48.2. The van der Waals surface area contributed by atoms with Gasteiger partial charge in [-0.15, -0.1) is 0 Å². The highest BCUT2D eigenvalue weighted by molar-refractivity contribution is 6.03. The second kappa shape index (κ2) is 9.78. The third-order valence-corrected chi connectivity index (χ3v) is 8.38. The Kier molecular flexibility index (Phi) is 5.73. The van der Waals surface area contributed by atoms with Crippen LogP contribution in [0.2, 0.25) is 0 Å². The molecule has 0 atom stereocenters. The van der Waals surface area contributed by atoms with E-state index in [4.69, 9.17) is 15.0 Å². The predicted molar refractivity (Wildman–Crippen MR) is 174 cm³/mol. The average Bonchev–Trinajstić information content (AvgIpc) is 3.42. The first-order valence-electron chi connectivity index (χ1n) is 14.6. The van der Waals surface area contributed by atoms with E-state index in [0.717, 1.165) is 39.1 Å². The minimum atomic E-state index is -0.311. The Morgan fingerprint density at radius 2 is 1.07 bits per heavy atom. The number of nitrogens with zero attached hydrogens (tertiary/aromatic N) is 5. The monoisotopic (exact) mass is 555 g/mol. The maximum absolute atomic E-state index is 5.18. The number of benzene rings is 5. The van der Waals surface area contributed by atoms with E-state index in [1.54, 1.807) is 0 Å². The van der Waals surface area contributed by atoms with Crippen LogP contribution in [0.5, 0.6) is 0 Å². The number of hydrogen-bond donors (Lipinski definition) is 0. The molecule has 1 aliphatic rings. The van der Waals surface area contributed by atoms with Gasteiger partial charge < -0.3 is 4.57 Å². The van der Waals surface area contributed by atoms with Crippen LogP contribution in [-0.4, -0.2) is 19.5 Å². The topological polar surface area (TPSA) is 46.8 Å². The second-order valence-electron chi connectivity index (χ2n) is 11.4. The van der Waals surface area contributed by atoms with Crippen LogP contribution >= 0.6 is 0 Å². The molecule has 0 radical (unpaired) electrons. The van der Waals surface area contributed by atoms with Crippen LogP contribution in [0.4, 0.5) is 17.3 Å². The summed E-state index contributed by atoms with van der Waals surface area (Å²) in [6.07, 6.45) is 0. The highest BCUT2D eigenvalue weighted by Gasteiger charge is 2.42. The van der Waals surface area contributed by atoms with Crippen molar-refractivity contribution in [2.24, 2.45) is 0 Å². The zero-order valence-corrected chi connectivity index (χ0v) is 24.0. The third-order valence-electron chi connectivity index (χ3n) is 8.38. The molecule has 0 aliphatic carbocycles. The largest absolute Gasteiger partial charge is 0.311 e. The normalized spacial score (nSPS) is 13.5. The van der Waals surface area contributed by atoms with Crippen LogP contribution in [0, 0.1) is 0 Å². The van der Waals surface area contributed by atoms with E-state index < -0.39 is 0 Å². The van der Waals surface area contributed by atoms with Crippen molar-refractivity contribution in [2.75, 3.05) is 4.90 Å². The second-order valence-corrected chi connectivity index (χ2v) is 11.4. The van der Waals surface area contributed by atoms with Gasteiger partial charge in [0, 0.05) is 27.6 Å². The van der Waals surface area contributed by atoms with Crippen LogP contribution in [-0.2, 0) is 5.41 Å². The number of anilines is 3. The molecule has 5 aromatic carbocycles. The molecule has 0 bridgehead atoms. The quantitative estimate of drug-likeness (QED) is 0.217. The fraction of sp³-hybridized carbons (Fsp3) is 0.0789. The van der Waals surface area contributed by atoms with Gasteiger partial charge in [-0.2, -0.15) is 9.97 Å². The number of fused-ring (bicyclic) bond motifs is 4. The molecule has 43 heavy (non-hydrogen) atoms. The number of para-hydroxylation sites is 3. The zero-order valence-electron chi connectivity index (χ0n) is 24.0. The lowest BCUT2D eigenvalue weighted by atomic mass is 9.76. The first-order chi connectivity index (χ1) is 21.1. The maximum atomic E-state index is 5.18. The minimum absolute atomic E-state index is 0.311. The Bertz CT molecular complexity index is 2040. The van der Waals surface area contributed by atoms with Crippen molar-refractivity contribution >= 4 is 28.2 Å². The highest BCUT2D eigenvalue weighted by Crippen LogP contribution is 2.55. The van der Waals surface area contributed by atoms with Gasteiger partial charge in [0.2, 0.25) is 5.95 Å². The Morgan fingerprint density at radius 1 is 0.535 bits per heavy atom. The van der Waals surface area contributed by atoms with E-state index in [2.05, 4.69) is 102 Å². The Morgan fingerprint density at radius 3 is 1.72 bits per heavy atom. The van der Waals surface area contributed by atoms with E-state index in [9.17, 15) is 0 Å². The van der Waals surface area contributed by atoms with Crippen LogP contribution in [0.1, 0.15) is 25.1 Å². The standard InChI is InChI=1S/C38H29N5/c1-38(2)30-23-13-15-25-32(30)43(33-29-22-12-14-24-31(29)42(34(33)38)28-20-10-5-11-21-28)37-40-35(26-16-6-3-7-17-26)39-36(41-37)27-18-8-4-9-19-27/h3-25H,1-2H3. The number of rotatable bonds is 4. The summed E-state index contributed by atoms with van der Waals surface area (Å²) in [5.74, 6) is 1.87. The minimum Gasteiger partial charge on any atom is -0.311 e. The van der Waals surface area contributed by atoms with Gasteiger partial charge in [-0.1, -0.05) is 129 Å². The van der Waals surface area contributed by atoms with E-state index in [0.29, 0.717) is 17.6 Å². The summed E-state index contributed by atoms with van der Waals surface area (Å²) in [5, 5.41) is 1.15. The van der Waals surface area contributed by atoms with Gasteiger partial charge in [-0.3, -0.25) is 4.90 Å². The zero-order chi connectivity index (χ0) is 29.0. The fourth-order valence-corrected chi connectivity index (χ4v) is 6.42. The molecule has 5 heteroatoms. The van der Waals surface area contributed by atoms with Gasteiger partial charge in [0.1, 0.15) is 0 Å². The molecule has 3 heterocycles. The molecule has 0 amide bonds. The highest BCUT2D eigenvalue weighted by atomic mass is 15.3. The lowest BCUT2D eigenvalue weighted by Gasteiger charge is -2.40. The van der Waals surface area contributed by atoms with E-state index >= 15 is 0 Å². The Hall–Kier alpha value is -5.55. The van der Waals surface area contributed by atoms with E-state index in [1.807, 2.05) is 60.7 Å². The molecule has 0 saturated heterocycles. The lowest BCUT2D eigenvalue weighted by Crippen LogP contribution is -2.33. The van der Waals surface area contributed by atoms with Crippen molar-refractivity contribution in [3.8, 4) is 28.5 Å². The first-order valence-corrected chi connectivity index (χ1v) is 14.6. The van der Waals surface area contributed by atoms with Crippen LogP contribution in [0.15, 0.2) is 140 Å². The molecule has 2 aromatic heterocycles. The van der Waals surface area contributed by atoms with Crippen molar-refractivity contribution < 1.29 is 0 Å². The molecule has 1 aliphatic heterocycles. The number of hydrogen-bond acceptors (Lipinski definition) is 4. The molecule has 0 saturated carbocycles. The summed E-state index contributed by atoms with van der Waals surface area (Å²) >= 11 is 0. The Balaban J connectivity index is 1.49. The maximum Gasteiger partial charge on any atom is 0.238 e. The predicted octanol–water partition coefficient (Wildman–Crippen LogP) is 9.26. The molecule has 0 spiro atoms. The number of aromatic nitrogens is 4. The lowest BCUT2D eigenvalue weighted by molar-refractivity contribution is 0.597. The van der Waals surface area contributed by atoms with Gasteiger partial charge >= 0.3 is 0 Å². The SMILES string of the molecule is CC1(C)c2ccccc2N(c2nc(-c3ccccc3)nc(-c3ccccc3)n2)c2c1n(-c1ccccc1)c1ccccc21. The molecule has 5 nitrogen and oxygen atoms in total. The summed E-state index contributed by atoms with van der Waals surface area (Å²) in [6.45, 7) is 4.64. The van der Waals surface area contributed by atoms with Gasteiger partial charge in [0.05, 0.1) is 22.6 Å². The van der Waals surface area contributed by atoms with Gasteiger partial charge in [0.25, 0.3) is 0 Å². The van der Waals surface area contributed by atoms with Crippen LogP contribution in [0.3, 0.4) is 0 Å². The molecular formula is C38H29N5.